The third-order valence-electron chi connectivity index (χ3n) is 5.45. The van der Waals surface area contributed by atoms with Crippen LogP contribution >= 0.6 is 0 Å². The van der Waals surface area contributed by atoms with E-state index in [0.717, 1.165) is 16.9 Å². The van der Waals surface area contributed by atoms with E-state index >= 15 is 0 Å². The molecule has 0 spiro atoms. The molecular formula is C21H26O6. The molecule has 0 heterocycles. The van der Waals surface area contributed by atoms with Gasteiger partial charge in [0.25, 0.3) is 0 Å². The summed E-state index contributed by atoms with van der Waals surface area (Å²) in [7, 11) is 1.61. The molecule has 2 aromatic rings. The molecule has 0 unspecified atom stereocenters. The second-order valence-corrected chi connectivity index (χ2v) is 7.22. The number of ether oxygens (including phenoxy) is 1. The molecule has 1 aliphatic carbocycles. The van der Waals surface area contributed by atoms with E-state index in [1.54, 1.807) is 25.3 Å². The lowest BCUT2D eigenvalue weighted by Crippen LogP contribution is -2.59. The Hall–Kier alpha value is -1.96. The maximum atomic E-state index is 11.1. The molecule has 6 nitrogen and oxygen atoms in total. The van der Waals surface area contributed by atoms with Gasteiger partial charge < -0.3 is 30.3 Å². The molecule has 3 rings (SSSR count). The first-order valence-electron chi connectivity index (χ1n) is 8.99. The molecule has 1 fully saturated rings. The van der Waals surface area contributed by atoms with Crippen LogP contribution in [0.2, 0.25) is 0 Å². The Bertz CT molecular complexity index is 760. The van der Waals surface area contributed by atoms with E-state index in [4.69, 9.17) is 4.74 Å². The number of hydrogen-bond donors (Lipinski definition) is 5. The second-order valence-electron chi connectivity index (χ2n) is 7.22. The van der Waals surface area contributed by atoms with Gasteiger partial charge in [0.1, 0.15) is 23.6 Å². The van der Waals surface area contributed by atoms with Crippen LogP contribution in [0.3, 0.4) is 0 Å². The SMILES string of the molecule is COc1ccc(Cc2cccc([C@]3(O)C[C@H](CO)[C@@H](O)[C@H](O)[C@H]3O)c2)cc1. The van der Waals surface area contributed by atoms with Crippen molar-refractivity contribution < 1.29 is 30.3 Å². The van der Waals surface area contributed by atoms with Crippen molar-refractivity contribution in [1.29, 1.82) is 0 Å². The fourth-order valence-corrected chi connectivity index (χ4v) is 3.78. The van der Waals surface area contributed by atoms with Crippen LogP contribution in [0.25, 0.3) is 0 Å². The molecule has 0 saturated heterocycles. The average Bonchev–Trinajstić information content (AvgIpc) is 2.70. The van der Waals surface area contributed by atoms with Gasteiger partial charge in [0.2, 0.25) is 0 Å². The summed E-state index contributed by atoms with van der Waals surface area (Å²) in [4.78, 5) is 0. The van der Waals surface area contributed by atoms with Crippen LogP contribution in [-0.2, 0) is 12.0 Å². The molecule has 146 valence electrons. The zero-order chi connectivity index (χ0) is 19.6. The number of benzene rings is 2. The van der Waals surface area contributed by atoms with Crippen molar-refractivity contribution in [3.05, 3.63) is 65.2 Å². The van der Waals surface area contributed by atoms with E-state index in [0.29, 0.717) is 12.0 Å². The van der Waals surface area contributed by atoms with Gasteiger partial charge in [-0.15, -0.1) is 0 Å². The molecule has 0 aromatic heterocycles. The summed E-state index contributed by atoms with van der Waals surface area (Å²) in [6, 6.07) is 14.8. The minimum atomic E-state index is -1.75. The van der Waals surface area contributed by atoms with Crippen molar-refractivity contribution in [2.45, 2.75) is 36.8 Å². The number of rotatable bonds is 5. The molecule has 2 aromatic carbocycles. The van der Waals surface area contributed by atoms with Gasteiger partial charge in [-0.2, -0.15) is 0 Å². The Kier molecular flexibility index (Phi) is 5.83. The average molecular weight is 374 g/mol. The van der Waals surface area contributed by atoms with Crippen molar-refractivity contribution in [2.24, 2.45) is 5.92 Å². The quantitative estimate of drug-likeness (QED) is 0.523. The normalized spacial score (nSPS) is 30.9. The van der Waals surface area contributed by atoms with E-state index < -0.39 is 36.4 Å². The summed E-state index contributed by atoms with van der Waals surface area (Å²) in [5.41, 5.74) is 0.694. The Morgan fingerprint density at radius 2 is 1.70 bits per heavy atom. The van der Waals surface area contributed by atoms with Crippen LogP contribution in [0.15, 0.2) is 48.5 Å². The standard InChI is InChI=1S/C21H26O6/c1-27-17-7-5-13(6-8-17)9-14-3-2-4-16(10-14)21(26)11-15(12-22)18(23)19(24)20(21)25/h2-8,10,15,18-20,22-26H,9,11-12H2,1H3/t15-,18-,19+,20-,21-/m1/s1. The Balaban J connectivity index is 1.87. The lowest BCUT2D eigenvalue weighted by atomic mass is 9.69. The molecule has 0 aliphatic heterocycles. The van der Waals surface area contributed by atoms with E-state index in [-0.39, 0.29) is 6.42 Å². The van der Waals surface area contributed by atoms with Crippen molar-refractivity contribution in [1.82, 2.24) is 0 Å². The summed E-state index contributed by atoms with van der Waals surface area (Å²) >= 11 is 0. The van der Waals surface area contributed by atoms with Gasteiger partial charge in [0, 0.05) is 12.5 Å². The fraction of sp³-hybridized carbons (Fsp3) is 0.429. The number of aliphatic hydroxyl groups is 5. The lowest BCUT2D eigenvalue weighted by molar-refractivity contribution is -0.213. The van der Waals surface area contributed by atoms with Crippen LogP contribution < -0.4 is 4.74 Å². The highest BCUT2D eigenvalue weighted by molar-refractivity contribution is 5.35. The van der Waals surface area contributed by atoms with Crippen LogP contribution in [0.4, 0.5) is 0 Å². The minimum Gasteiger partial charge on any atom is -0.497 e. The third-order valence-corrected chi connectivity index (χ3v) is 5.45. The molecule has 5 N–H and O–H groups in total. The van der Waals surface area contributed by atoms with Gasteiger partial charge in [-0.25, -0.2) is 0 Å². The first-order chi connectivity index (χ1) is 12.9. The lowest BCUT2D eigenvalue weighted by Gasteiger charge is -2.46. The van der Waals surface area contributed by atoms with Crippen molar-refractivity contribution in [2.75, 3.05) is 13.7 Å². The predicted octanol–water partition coefficient (Wildman–Crippen LogP) is 0.568. The van der Waals surface area contributed by atoms with Gasteiger partial charge in [0.05, 0.1) is 13.2 Å². The van der Waals surface area contributed by atoms with Crippen molar-refractivity contribution >= 4 is 0 Å². The fourth-order valence-electron chi connectivity index (χ4n) is 3.78. The summed E-state index contributed by atoms with van der Waals surface area (Å²) < 4.78 is 5.16. The van der Waals surface area contributed by atoms with Crippen LogP contribution in [0.5, 0.6) is 5.75 Å². The van der Waals surface area contributed by atoms with Gasteiger partial charge in [0.15, 0.2) is 0 Å². The van der Waals surface area contributed by atoms with E-state index in [2.05, 4.69) is 0 Å². The largest absolute Gasteiger partial charge is 0.497 e. The van der Waals surface area contributed by atoms with Gasteiger partial charge >= 0.3 is 0 Å². The molecule has 27 heavy (non-hydrogen) atoms. The van der Waals surface area contributed by atoms with Gasteiger partial charge in [-0.05, 0) is 41.7 Å². The number of hydrogen-bond acceptors (Lipinski definition) is 6. The van der Waals surface area contributed by atoms with Gasteiger partial charge in [-0.3, -0.25) is 0 Å². The number of methoxy groups -OCH3 is 1. The molecule has 5 atom stereocenters. The summed E-state index contributed by atoms with van der Waals surface area (Å²) in [6.45, 7) is -0.390. The maximum absolute atomic E-state index is 11.1. The highest BCUT2D eigenvalue weighted by atomic mass is 16.5. The van der Waals surface area contributed by atoms with Crippen LogP contribution in [0.1, 0.15) is 23.1 Å². The Labute approximate surface area is 158 Å². The smallest absolute Gasteiger partial charge is 0.118 e. The Morgan fingerprint density at radius 1 is 1.00 bits per heavy atom. The summed E-state index contributed by atoms with van der Waals surface area (Å²) in [5.74, 6) is 0.0494. The third kappa shape index (κ3) is 3.85. The predicted molar refractivity (Wildman–Crippen MR) is 99.4 cm³/mol. The van der Waals surface area contributed by atoms with Crippen LogP contribution in [-0.4, -0.2) is 57.6 Å². The van der Waals surface area contributed by atoms with E-state index in [9.17, 15) is 25.5 Å². The maximum Gasteiger partial charge on any atom is 0.118 e. The molecule has 1 saturated carbocycles. The number of aliphatic hydroxyl groups excluding tert-OH is 4. The van der Waals surface area contributed by atoms with Gasteiger partial charge in [-0.1, -0.05) is 36.4 Å². The van der Waals surface area contributed by atoms with Crippen molar-refractivity contribution in [3.63, 3.8) is 0 Å². The van der Waals surface area contributed by atoms with Crippen molar-refractivity contribution in [3.8, 4) is 5.75 Å². The first-order valence-corrected chi connectivity index (χ1v) is 8.99. The zero-order valence-electron chi connectivity index (χ0n) is 15.2. The molecular weight excluding hydrogens is 348 g/mol. The Morgan fingerprint density at radius 3 is 2.33 bits per heavy atom. The zero-order valence-corrected chi connectivity index (χ0v) is 15.2. The summed E-state index contributed by atoms with van der Waals surface area (Å²) in [6.07, 6.45) is -3.79. The molecule has 6 heteroatoms. The minimum absolute atomic E-state index is 0.0467. The molecule has 0 radical (unpaired) electrons. The highest BCUT2D eigenvalue weighted by Crippen LogP contribution is 2.40. The summed E-state index contributed by atoms with van der Waals surface area (Å²) in [5, 5.41) is 51.1. The van der Waals surface area contributed by atoms with Crippen LogP contribution in [0, 0.1) is 5.92 Å². The molecule has 0 bridgehead atoms. The van der Waals surface area contributed by atoms with E-state index in [1.165, 1.54) is 0 Å². The highest BCUT2D eigenvalue weighted by Gasteiger charge is 2.52. The molecule has 1 aliphatic rings. The molecule has 0 amide bonds. The van der Waals surface area contributed by atoms with E-state index in [1.807, 2.05) is 30.3 Å². The topological polar surface area (TPSA) is 110 Å². The first kappa shape index (κ1) is 19.8. The monoisotopic (exact) mass is 374 g/mol. The second kappa shape index (κ2) is 7.96.